The number of carbonyl (C=O) groups is 3. The van der Waals surface area contributed by atoms with Gasteiger partial charge < -0.3 is 15.4 Å². The number of carbonyl (C=O) groups excluding carboxylic acids is 3. The minimum Gasteiger partial charge on any atom is -0.427 e. The molecule has 0 radical (unpaired) electrons. The monoisotopic (exact) mass is 420 g/mol. The Bertz CT molecular complexity index is 1100. The lowest BCUT2D eigenvalue weighted by molar-refractivity contribution is -0.131. The highest BCUT2D eigenvalue weighted by Gasteiger charge is 2.12. The van der Waals surface area contributed by atoms with Crippen LogP contribution in [0.3, 0.4) is 0 Å². The average Bonchev–Trinajstić information content (AvgIpc) is 2.74. The van der Waals surface area contributed by atoms with Crippen molar-refractivity contribution < 1.29 is 23.5 Å². The van der Waals surface area contributed by atoms with Crippen LogP contribution >= 0.6 is 0 Å². The van der Waals surface area contributed by atoms with E-state index in [4.69, 9.17) is 4.74 Å². The number of rotatable bonds is 7. The second-order valence-corrected chi connectivity index (χ2v) is 6.80. The molecule has 0 fully saturated rings. The zero-order valence-corrected chi connectivity index (χ0v) is 16.9. The lowest BCUT2D eigenvalue weighted by Crippen LogP contribution is -2.17. The average molecular weight is 420 g/mol. The molecule has 0 atom stereocenters. The molecule has 3 rings (SSSR count). The molecule has 7 heteroatoms. The number of aryl methyl sites for hydroxylation is 1. The van der Waals surface area contributed by atoms with Crippen molar-refractivity contribution in [2.24, 2.45) is 0 Å². The molecule has 158 valence electrons. The van der Waals surface area contributed by atoms with E-state index in [9.17, 15) is 18.8 Å². The second-order valence-electron chi connectivity index (χ2n) is 6.80. The summed E-state index contributed by atoms with van der Waals surface area (Å²) >= 11 is 0. The van der Waals surface area contributed by atoms with E-state index in [0.29, 0.717) is 23.4 Å². The Labute approximate surface area is 179 Å². The topological polar surface area (TPSA) is 84.5 Å². The summed E-state index contributed by atoms with van der Waals surface area (Å²) in [6.07, 6.45) is 0.669. The summed E-state index contributed by atoms with van der Waals surface area (Å²) in [6, 6.07) is 19.1. The Morgan fingerprint density at radius 3 is 2.23 bits per heavy atom. The van der Waals surface area contributed by atoms with Crippen LogP contribution in [0.25, 0.3) is 0 Å². The van der Waals surface area contributed by atoms with Crippen molar-refractivity contribution in [1.82, 2.24) is 0 Å². The molecule has 0 aliphatic carbocycles. The van der Waals surface area contributed by atoms with Gasteiger partial charge in [-0.15, -0.1) is 0 Å². The van der Waals surface area contributed by atoms with Gasteiger partial charge in [0.2, 0.25) is 5.91 Å². The third-order valence-electron chi connectivity index (χ3n) is 4.36. The first-order valence-corrected chi connectivity index (χ1v) is 9.64. The molecule has 2 amide bonds. The molecule has 31 heavy (non-hydrogen) atoms. The third-order valence-corrected chi connectivity index (χ3v) is 4.36. The van der Waals surface area contributed by atoms with E-state index in [2.05, 4.69) is 10.6 Å². The van der Waals surface area contributed by atoms with Gasteiger partial charge in [-0.2, -0.15) is 0 Å². The number of amides is 2. The zero-order valence-electron chi connectivity index (χ0n) is 16.9. The molecule has 0 saturated heterocycles. The molecule has 0 bridgehead atoms. The number of hydrogen-bond donors (Lipinski definition) is 2. The van der Waals surface area contributed by atoms with Crippen LogP contribution < -0.4 is 15.4 Å². The first-order valence-electron chi connectivity index (χ1n) is 9.64. The Morgan fingerprint density at radius 1 is 0.871 bits per heavy atom. The van der Waals surface area contributed by atoms with Crippen LogP contribution in [0.5, 0.6) is 5.75 Å². The number of hydrogen-bond acceptors (Lipinski definition) is 4. The fraction of sp³-hybridized carbons (Fsp3) is 0.125. The van der Waals surface area contributed by atoms with E-state index in [1.165, 1.54) is 25.1 Å². The number of esters is 1. The van der Waals surface area contributed by atoms with Gasteiger partial charge in [0.05, 0.1) is 11.4 Å². The summed E-state index contributed by atoms with van der Waals surface area (Å²) in [5.41, 5.74) is 2.04. The molecule has 0 heterocycles. The zero-order chi connectivity index (χ0) is 22.2. The van der Waals surface area contributed by atoms with Gasteiger partial charge in [0.15, 0.2) is 0 Å². The van der Waals surface area contributed by atoms with Gasteiger partial charge in [0.1, 0.15) is 11.6 Å². The Morgan fingerprint density at radius 2 is 1.55 bits per heavy atom. The van der Waals surface area contributed by atoms with Gasteiger partial charge in [0, 0.05) is 18.9 Å². The number of anilines is 2. The van der Waals surface area contributed by atoms with Crippen molar-refractivity contribution in [2.75, 3.05) is 10.6 Å². The quantitative estimate of drug-likeness (QED) is 0.433. The van der Waals surface area contributed by atoms with E-state index in [0.717, 1.165) is 5.56 Å². The minimum atomic E-state index is -0.480. The molecular weight excluding hydrogens is 399 g/mol. The number of ether oxygens (including phenoxy) is 1. The van der Waals surface area contributed by atoms with Crippen molar-refractivity contribution in [2.45, 2.75) is 19.8 Å². The highest BCUT2D eigenvalue weighted by molar-refractivity contribution is 6.07. The summed E-state index contributed by atoms with van der Waals surface area (Å²) in [5.74, 6) is -1.19. The fourth-order valence-electron chi connectivity index (χ4n) is 2.88. The second kappa shape index (κ2) is 10.2. The third kappa shape index (κ3) is 6.50. The number of benzene rings is 3. The van der Waals surface area contributed by atoms with Crippen molar-refractivity contribution in [3.63, 3.8) is 0 Å². The molecule has 0 saturated carbocycles. The lowest BCUT2D eigenvalue weighted by Gasteiger charge is -2.13. The number of halogens is 1. The standard InChI is InChI=1S/C24H21FN2O4/c1-16(28)31-20-6-4-5-18(15-20)24(30)27-22-8-3-2-7-21(22)26-23(29)14-11-17-9-12-19(25)13-10-17/h2-10,12-13,15H,11,14H2,1H3,(H,26,29)(H,27,30). The van der Waals surface area contributed by atoms with Crippen LogP contribution in [0.15, 0.2) is 72.8 Å². The molecule has 0 unspecified atom stereocenters. The molecule has 2 N–H and O–H groups in total. The van der Waals surface area contributed by atoms with Gasteiger partial charge >= 0.3 is 5.97 Å². The van der Waals surface area contributed by atoms with Gasteiger partial charge in [-0.05, 0) is 54.4 Å². The van der Waals surface area contributed by atoms with Crippen LogP contribution in [0.2, 0.25) is 0 Å². The Balaban J connectivity index is 1.64. The molecule has 3 aromatic rings. The minimum absolute atomic E-state index is 0.207. The van der Waals surface area contributed by atoms with E-state index >= 15 is 0 Å². The van der Waals surface area contributed by atoms with Crippen LogP contribution in [0, 0.1) is 5.82 Å². The molecule has 0 spiro atoms. The SMILES string of the molecule is CC(=O)Oc1cccc(C(=O)Nc2ccccc2NC(=O)CCc2ccc(F)cc2)c1. The maximum atomic E-state index is 13.0. The first kappa shape index (κ1) is 21.7. The predicted octanol–water partition coefficient (Wildman–Crippen LogP) is 4.57. The predicted molar refractivity (Wildman–Crippen MR) is 115 cm³/mol. The Hall–Kier alpha value is -4.00. The normalized spacial score (nSPS) is 10.3. The highest BCUT2D eigenvalue weighted by atomic mass is 19.1. The van der Waals surface area contributed by atoms with E-state index in [1.54, 1.807) is 54.6 Å². The van der Waals surface area contributed by atoms with E-state index < -0.39 is 11.9 Å². The van der Waals surface area contributed by atoms with Gasteiger partial charge in [-0.1, -0.05) is 30.3 Å². The lowest BCUT2D eigenvalue weighted by atomic mass is 10.1. The van der Waals surface area contributed by atoms with E-state index in [-0.39, 0.29) is 23.9 Å². The highest BCUT2D eigenvalue weighted by Crippen LogP contribution is 2.23. The van der Waals surface area contributed by atoms with Gasteiger partial charge in [-0.3, -0.25) is 14.4 Å². The maximum Gasteiger partial charge on any atom is 0.308 e. The van der Waals surface area contributed by atoms with Crippen LogP contribution in [-0.4, -0.2) is 17.8 Å². The van der Waals surface area contributed by atoms with Crippen LogP contribution in [0.1, 0.15) is 29.3 Å². The Kier molecular flexibility index (Phi) is 7.11. The van der Waals surface area contributed by atoms with Gasteiger partial charge in [0.25, 0.3) is 5.91 Å². The molecule has 0 aliphatic rings. The molecule has 0 aromatic heterocycles. The molecular formula is C24H21FN2O4. The van der Waals surface area contributed by atoms with Crippen LogP contribution in [0.4, 0.5) is 15.8 Å². The summed E-state index contributed by atoms with van der Waals surface area (Å²) in [4.78, 5) is 36.1. The first-order chi connectivity index (χ1) is 14.9. The summed E-state index contributed by atoms with van der Waals surface area (Å²) in [7, 11) is 0. The largest absolute Gasteiger partial charge is 0.427 e. The summed E-state index contributed by atoms with van der Waals surface area (Å²) in [5, 5.41) is 5.55. The van der Waals surface area contributed by atoms with Crippen molar-refractivity contribution in [3.05, 3.63) is 89.7 Å². The van der Waals surface area contributed by atoms with Crippen LogP contribution in [-0.2, 0) is 16.0 Å². The number of para-hydroxylation sites is 2. The molecule has 3 aromatic carbocycles. The molecule has 6 nitrogen and oxygen atoms in total. The number of nitrogens with one attached hydrogen (secondary N) is 2. The van der Waals surface area contributed by atoms with Gasteiger partial charge in [-0.25, -0.2) is 4.39 Å². The van der Waals surface area contributed by atoms with Crippen molar-refractivity contribution >= 4 is 29.2 Å². The fourth-order valence-corrected chi connectivity index (χ4v) is 2.88. The smallest absolute Gasteiger partial charge is 0.308 e. The molecule has 0 aliphatic heterocycles. The summed E-state index contributed by atoms with van der Waals surface area (Å²) < 4.78 is 18.0. The maximum absolute atomic E-state index is 13.0. The van der Waals surface area contributed by atoms with Crippen molar-refractivity contribution in [3.8, 4) is 5.75 Å². The summed E-state index contributed by atoms with van der Waals surface area (Å²) in [6.45, 7) is 1.28. The van der Waals surface area contributed by atoms with Crippen molar-refractivity contribution in [1.29, 1.82) is 0 Å². The van der Waals surface area contributed by atoms with E-state index in [1.807, 2.05) is 0 Å².